The van der Waals surface area contributed by atoms with Gasteiger partial charge in [-0.3, -0.25) is 9.36 Å². The Morgan fingerprint density at radius 3 is 2.57 bits per heavy atom. The molecule has 0 aliphatic carbocycles. The largest absolute Gasteiger partial charge is 0.480 e. The van der Waals surface area contributed by atoms with Crippen LogP contribution in [0.15, 0.2) is 56.8 Å². The molecule has 10 nitrogen and oxygen atoms in total. The lowest BCUT2D eigenvalue weighted by Crippen LogP contribution is -2.52. The standard InChI is InChI=1S/C24H25N3O7S/c1-14-17-20(29)27(24(2,3)22(30)31)23(32)26(21(17)35-18(14)19-25-9-11-34-19)13-16(33-12-10-28)15-7-5-4-6-8-15/h4-9,11,16,28H,10,12-13H2,1-3H3,(H,30,31)/t16-/m1/s1. The molecule has 3 aromatic heterocycles. The lowest BCUT2D eigenvalue weighted by molar-refractivity contribution is -0.146. The van der Waals surface area contributed by atoms with Gasteiger partial charge in [0.15, 0.2) is 0 Å². The van der Waals surface area contributed by atoms with E-state index in [1.54, 1.807) is 6.92 Å². The van der Waals surface area contributed by atoms with E-state index in [-0.39, 0.29) is 25.1 Å². The van der Waals surface area contributed by atoms with Crippen LogP contribution in [-0.4, -0.2) is 43.5 Å². The Labute approximate surface area is 203 Å². The number of aliphatic hydroxyl groups excluding tert-OH is 1. The highest BCUT2D eigenvalue weighted by Crippen LogP contribution is 2.36. The molecule has 0 fully saturated rings. The normalized spacial score (nSPS) is 12.8. The van der Waals surface area contributed by atoms with Crippen LogP contribution in [0, 0.1) is 6.92 Å². The van der Waals surface area contributed by atoms with Crippen molar-refractivity contribution in [2.24, 2.45) is 0 Å². The molecule has 1 aromatic carbocycles. The van der Waals surface area contributed by atoms with E-state index >= 15 is 0 Å². The van der Waals surface area contributed by atoms with E-state index in [2.05, 4.69) is 4.98 Å². The molecule has 0 amide bonds. The Morgan fingerprint density at radius 1 is 1.26 bits per heavy atom. The molecule has 0 bridgehead atoms. The van der Waals surface area contributed by atoms with Crippen molar-refractivity contribution in [3.05, 3.63) is 74.8 Å². The van der Waals surface area contributed by atoms with Crippen LogP contribution in [0.1, 0.15) is 31.1 Å². The zero-order valence-electron chi connectivity index (χ0n) is 19.4. The monoisotopic (exact) mass is 499 g/mol. The van der Waals surface area contributed by atoms with Crippen molar-refractivity contribution < 1.29 is 24.2 Å². The topological polar surface area (TPSA) is 137 Å². The van der Waals surface area contributed by atoms with E-state index in [0.717, 1.165) is 10.1 Å². The number of benzene rings is 1. The van der Waals surface area contributed by atoms with Gasteiger partial charge in [-0.05, 0) is 31.9 Å². The maximum atomic E-state index is 13.7. The molecule has 1 atom stereocenters. The maximum absolute atomic E-state index is 13.7. The summed E-state index contributed by atoms with van der Waals surface area (Å²) >= 11 is 1.17. The third-order valence-electron chi connectivity index (χ3n) is 5.85. The highest BCUT2D eigenvalue weighted by atomic mass is 32.1. The third kappa shape index (κ3) is 4.33. The van der Waals surface area contributed by atoms with Gasteiger partial charge in [0.25, 0.3) is 5.56 Å². The number of ether oxygens (including phenoxy) is 1. The van der Waals surface area contributed by atoms with Gasteiger partial charge >= 0.3 is 11.7 Å². The van der Waals surface area contributed by atoms with E-state index in [0.29, 0.717) is 21.2 Å². The summed E-state index contributed by atoms with van der Waals surface area (Å²) < 4.78 is 13.4. The number of hydrogen-bond acceptors (Lipinski definition) is 8. The first-order chi connectivity index (χ1) is 16.7. The van der Waals surface area contributed by atoms with Gasteiger partial charge in [0.05, 0.1) is 36.2 Å². The Hall–Kier alpha value is -3.54. The van der Waals surface area contributed by atoms with Crippen LogP contribution in [0.25, 0.3) is 21.0 Å². The Kier molecular flexibility index (Phi) is 6.75. The van der Waals surface area contributed by atoms with Gasteiger partial charge in [-0.2, -0.15) is 0 Å². The second kappa shape index (κ2) is 9.61. The van der Waals surface area contributed by atoms with Crippen LogP contribution < -0.4 is 11.2 Å². The fourth-order valence-electron chi connectivity index (χ4n) is 3.92. The smallest absolute Gasteiger partial charge is 0.333 e. The molecule has 184 valence electrons. The highest BCUT2D eigenvalue weighted by Gasteiger charge is 2.36. The fraction of sp³-hybridized carbons (Fsp3) is 0.333. The first-order valence-electron chi connectivity index (χ1n) is 10.9. The van der Waals surface area contributed by atoms with Crippen molar-refractivity contribution in [3.8, 4) is 10.8 Å². The number of thiophene rings is 1. The number of aryl methyl sites for hydroxylation is 1. The predicted molar refractivity (Wildman–Crippen MR) is 130 cm³/mol. The number of nitrogens with zero attached hydrogens (tertiary/aromatic N) is 3. The van der Waals surface area contributed by atoms with E-state index < -0.39 is 28.9 Å². The Bertz CT molecular complexity index is 1470. The van der Waals surface area contributed by atoms with E-state index in [9.17, 15) is 24.6 Å². The summed E-state index contributed by atoms with van der Waals surface area (Å²) in [5.74, 6) is -1.03. The molecule has 3 heterocycles. The molecule has 35 heavy (non-hydrogen) atoms. The van der Waals surface area contributed by atoms with Crippen molar-refractivity contribution in [3.63, 3.8) is 0 Å². The number of hydrogen-bond donors (Lipinski definition) is 2. The molecule has 0 unspecified atom stereocenters. The minimum absolute atomic E-state index is 0.0136. The number of carboxylic acids is 1. The number of aliphatic hydroxyl groups is 1. The van der Waals surface area contributed by atoms with E-state index in [1.807, 2.05) is 30.3 Å². The summed E-state index contributed by atoms with van der Waals surface area (Å²) in [5, 5.41) is 19.4. The van der Waals surface area contributed by atoms with Crippen LogP contribution in [0.3, 0.4) is 0 Å². The van der Waals surface area contributed by atoms with Crippen LogP contribution in [0.2, 0.25) is 0 Å². The van der Waals surface area contributed by atoms with Crippen molar-refractivity contribution in [1.29, 1.82) is 0 Å². The lowest BCUT2D eigenvalue weighted by Gasteiger charge is -2.25. The van der Waals surface area contributed by atoms with Crippen LogP contribution in [0.4, 0.5) is 0 Å². The molecule has 0 radical (unpaired) electrons. The van der Waals surface area contributed by atoms with E-state index in [4.69, 9.17) is 9.15 Å². The molecule has 0 saturated heterocycles. The predicted octanol–water partition coefficient (Wildman–Crippen LogP) is 2.76. The van der Waals surface area contributed by atoms with Gasteiger partial charge in [-0.25, -0.2) is 19.1 Å². The van der Waals surface area contributed by atoms with Crippen molar-refractivity contribution in [1.82, 2.24) is 14.1 Å². The minimum atomic E-state index is -1.81. The van der Waals surface area contributed by atoms with Gasteiger partial charge in [-0.15, -0.1) is 11.3 Å². The third-order valence-corrected chi connectivity index (χ3v) is 7.15. The van der Waals surface area contributed by atoms with Crippen LogP contribution in [-0.2, 0) is 21.6 Å². The number of carbonyl (C=O) groups is 1. The zero-order chi connectivity index (χ0) is 25.3. The first kappa shape index (κ1) is 24.6. The van der Waals surface area contributed by atoms with Crippen molar-refractivity contribution in [2.45, 2.75) is 39.0 Å². The summed E-state index contributed by atoms with van der Waals surface area (Å²) in [5.41, 5.74) is -1.99. The Morgan fingerprint density at radius 2 is 1.97 bits per heavy atom. The average molecular weight is 500 g/mol. The molecule has 0 saturated carbocycles. The highest BCUT2D eigenvalue weighted by molar-refractivity contribution is 7.22. The maximum Gasteiger partial charge on any atom is 0.333 e. The number of oxazole rings is 1. The second-order valence-corrected chi connectivity index (χ2v) is 9.46. The van der Waals surface area contributed by atoms with Crippen LogP contribution in [0.5, 0.6) is 0 Å². The van der Waals surface area contributed by atoms with E-state index in [1.165, 1.54) is 42.2 Å². The fourth-order valence-corrected chi connectivity index (χ4v) is 5.16. The van der Waals surface area contributed by atoms with Crippen molar-refractivity contribution in [2.75, 3.05) is 13.2 Å². The molecule has 0 spiro atoms. The molecule has 2 N–H and O–H groups in total. The number of carboxylic acid groups (broad SMARTS) is 1. The molecular weight excluding hydrogens is 474 g/mol. The van der Waals surface area contributed by atoms with Gasteiger partial charge < -0.3 is 19.4 Å². The summed E-state index contributed by atoms with van der Waals surface area (Å²) in [6, 6.07) is 9.16. The van der Waals surface area contributed by atoms with Gasteiger partial charge in [-0.1, -0.05) is 30.3 Å². The second-order valence-electron chi connectivity index (χ2n) is 8.47. The van der Waals surface area contributed by atoms with Gasteiger partial charge in [0, 0.05) is 0 Å². The molecule has 0 aliphatic rings. The molecule has 4 rings (SSSR count). The van der Waals surface area contributed by atoms with Crippen molar-refractivity contribution >= 4 is 27.5 Å². The number of aromatic nitrogens is 3. The van der Waals surface area contributed by atoms with Crippen LogP contribution >= 0.6 is 11.3 Å². The molecule has 11 heteroatoms. The average Bonchev–Trinajstić information content (AvgIpc) is 3.47. The summed E-state index contributed by atoms with van der Waals surface area (Å²) in [7, 11) is 0. The summed E-state index contributed by atoms with van der Waals surface area (Å²) in [6.45, 7) is 4.13. The molecule has 0 aliphatic heterocycles. The minimum Gasteiger partial charge on any atom is -0.480 e. The van der Waals surface area contributed by atoms with Gasteiger partial charge in [0.1, 0.15) is 22.7 Å². The quantitative estimate of drug-likeness (QED) is 0.359. The molecular formula is C24H25N3O7S. The van der Waals surface area contributed by atoms with Gasteiger partial charge in [0.2, 0.25) is 5.89 Å². The number of rotatable bonds is 9. The summed E-state index contributed by atoms with van der Waals surface area (Å²) in [6.07, 6.45) is 2.24. The molecule has 4 aromatic rings. The Balaban J connectivity index is 2.03. The number of aliphatic carboxylic acids is 1. The number of fused-ring (bicyclic) bond motifs is 1. The first-order valence-corrected chi connectivity index (χ1v) is 11.7. The summed E-state index contributed by atoms with van der Waals surface area (Å²) in [4.78, 5) is 44.4. The SMILES string of the molecule is Cc1c(-c2ncco2)sc2c1c(=O)n(C(C)(C)C(=O)O)c(=O)n2C[C@@H](OCCO)c1ccccc1. The lowest BCUT2D eigenvalue weighted by atomic mass is 10.1. The zero-order valence-corrected chi connectivity index (χ0v) is 20.2.